The van der Waals surface area contributed by atoms with Crippen LogP contribution >= 0.6 is 0 Å². The third-order valence-corrected chi connectivity index (χ3v) is 5.20. The SMILES string of the molecule is O=C(C=Cc1ccc(O)c(O)c1)O[C@H]1[C@H](O)[C@@H](O)[C@@H](OCCc2ccc(O)c(O)c2)O[C@@H]1CO. The van der Waals surface area contributed by atoms with E-state index in [1.54, 1.807) is 6.07 Å². The van der Waals surface area contributed by atoms with E-state index < -0.39 is 43.3 Å². The van der Waals surface area contributed by atoms with Crippen LogP contribution in [0.5, 0.6) is 23.0 Å². The number of phenols is 4. The Bertz CT molecular complexity index is 1020. The van der Waals surface area contributed by atoms with Crippen molar-refractivity contribution in [2.45, 2.75) is 37.1 Å². The number of ether oxygens (including phenoxy) is 3. The van der Waals surface area contributed by atoms with Gasteiger partial charge in [-0.3, -0.25) is 0 Å². The van der Waals surface area contributed by atoms with Crippen molar-refractivity contribution in [3.8, 4) is 23.0 Å². The molecule has 3 rings (SSSR count). The second-order valence-electron chi connectivity index (χ2n) is 7.63. The minimum Gasteiger partial charge on any atom is -0.504 e. The number of hydrogen-bond donors (Lipinski definition) is 7. The molecule has 0 aromatic heterocycles. The van der Waals surface area contributed by atoms with Gasteiger partial charge in [0, 0.05) is 6.08 Å². The van der Waals surface area contributed by atoms with Gasteiger partial charge in [-0.15, -0.1) is 0 Å². The zero-order valence-electron chi connectivity index (χ0n) is 17.9. The summed E-state index contributed by atoms with van der Waals surface area (Å²) in [6.07, 6.45) is -4.50. The predicted molar refractivity (Wildman–Crippen MR) is 116 cm³/mol. The largest absolute Gasteiger partial charge is 0.504 e. The monoisotopic (exact) mass is 478 g/mol. The summed E-state index contributed by atoms with van der Waals surface area (Å²) in [6, 6.07) is 8.15. The molecule has 1 saturated heterocycles. The fourth-order valence-electron chi connectivity index (χ4n) is 3.34. The van der Waals surface area contributed by atoms with E-state index in [1.165, 1.54) is 36.4 Å². The van der Waals surface area contributed by atoms with Gasteiger partial charge in [0.2, 0.25) is 0 Å². The highest BCUT2D eigenvalue weighted by Crippen LogP contribution is 2.28. The summed E-state index contributed by atoms with van der Waals surface area (Å²) in [5, 5.41) is 68.1. The van der Waals surface area contributed by atoms with Gasteiger partial charge in [0.25, 0.3) is 0 Å². The van der Waals surface area contributed by atoms with Gasteiger partial charge in [0.15, 0.2) is 35.4 Å². The molecule has 1 fully saturated rings. The minimum atomic E-state index is -1.62. The normalized spacial score (nSPS) is 24.9. The van der Waals surface area contributed by atoms with Gasteiger partial charge in [-0.25, -0.2) is 4.79 Å². The van der Waals surface area contributed by atoms with Crippen LogP contribution < -0.4 is 0 Å². The number of esters is 1. The number of carbonyl (C=O) groups excluding carboxylic acids is 1. The van der Waals surface area contributed by atoms with E-state index in [0.29, 0.717) is 11.1 Å². The second-order valence-corrected chi connectivity index (χ2v) is 7.63. The lowest BCUT2D eigenvalue weighted by molar-refractivity contribution is -0.302. The maximum absolute atomic E-state index is 12.2. The Kier molecular flexibility index (Phi) is 8.31. The molecule has 2 aromatic rings. The summed E-state index contributed by atoms with van der Waals surface area (Å²) in [6.45, 7) is -0.619. The van der Waals surface area contributed by atoms with Crippen molar-refractivity contribution in [3.05, 3.63) is 53.6 Å². The molecule has 11 nitrogen and oxygen atoms in total. The number of aliphatic hydroxyl groups excluding tert-OH is 3. The lowest BCUT2D eigenvalue weighted by atomic mass is 9.99. The molecular formula is C23H26O11. The van der Waals surface area contributed by atoms with Crippen molar-refractivity contribution in [3.63, 3.8) is 0 Å². The summed E-state index contributed by atoms with van der Waals surface area (Å²) in [7, 11) is 0. The molecule has 2 aromatic carbocycles. The molecule has 5 atom stereocenters. The van der Waals surface area contributed by atoms with Gasteiger partial charge < -0.3 is 50.0 Å². The van der Waals surface area contributed by atoms with Gasteiger partial charge in [0.1, 0.15) is 18.3 Å². The molecule has 7 N–H and O–H groups in total. The maximum atomic E-state index is 12.2. The molecule has 0 radical (unpaired) electrons. The zero-order chi connectivity index (χ0) is 24.8. The number of rotatable bonds is 8. The van der Waals surface area contributed by atoms with Gasteiger partial charge in [0.05, 0.1) is 13.2 Å². The third kappa shape index (κ3) is 6.16. The molecule has 0 spiro atoms. The van der Waals surface area contributed by atoms with Crippen LogP contribution in [-0.4, -0.2) is 85.6 Å². The van der Waals surface area contributed by atoms with Crippen LogP contribution in [0.25, 0.3) is 6.08 Å². The fourth-order valence-corrected chi connectivity index (χ4v) is 3.34. The molecule has 1 aliphatic rings. The van der Waals surface area contributed by atoms with Crippen molar-refractivity contribution in [2.75, 3.05) is 13.2 Å². The van der Waals surface area contributed by atoms with E-state index in [-0.39, 0.29) is 36.0 Å². The molecule has 0 saturated carbocycles. The van der Waals surface area contributed by atoms with Crippen LogP contribution in [0, 0.1) is 0 Å². The first-order valence-corrected chi connectivity index (χ1v) is 10.3. The number of benzene rings is 2. The van der Waals surface area contributed by atoms with Crippen LogP contribution in [0.15, 0.2) is 42.5 Å². The standard InChI is InChI=1S/C23H26O11/c24-11-18-22(34-19(29)6-3-12-1-4-14(25)16(27)9-12)20(30)21(31)23(33-18)32-8-7-13-2-5-15(26)17(28)10-13/h1-6,9-10,18,20-28,30-31H,7-8,11H2/t18-,20-,21-,22-,23+/m1/s1. The number of aromatic hydroxyl groups is 4. The summed E-state index contributed by atoms with van der Waals surface area (Å²) in [4.78, 5) is 12.2. The third-order valence-electron chi connectivity index (χ3n) is 5.20. The molecule has 0 aliphatic carbocycles. The van der Waals surface area contributed by atoms with Crippen molar-refractivity contribution >= 4 is 12.0 Å². The van der Waals surface area contributed by atoms with Crippen molar-refractivity contribution in [1.29, 1.82) is 0 Å². The average molecular weight is 478 g/mol. The van der Waals surface area contributed by atoms with Gasteiger partial charge in [-0.1, -0.05) is 12.1 Å². The summed E-state index contributed by atoms with van der Waals surface area (Å²) in [5.74, 6) is -2.15. The first-order valence-electron chi connectivity index (χ1n) is 10.3. The van der Waals surface area contributed by atoms with E-state index in [4.69, 9.17) is 14.2 Å². The van der Waals surface area contributed by atoms with E-state index in [0.717, 1.165) is 6.08 Å². The van der Waals surface area contributed by atoms with Crippen LogP contribution in [0.1, 0.15) is 11.1 Å². The Morgan fingerprint density at radius 3 is 2.26 bits per heavy atom. The molecule has 184 valence electrons. The Morgan fingerprint density at radius 2 is 1.62 bits per heavy atom. The smallest absolute Gasteiger partial charge is 0.331 e. The molecule has 0 unspecified atom stereocenters. The van der Waals surface area contributed by atoms with E-state index in [9.17, 15) is 40.5 Å². The summed E-state index contributed by atoms with van der Waals surface area (Å²) >= 11 is 0. The maximum Gasteiger partial charge on any atom is 0.331 e. The molecule has 0 amide bonds. The highest BCUT2D eigenvalue weighted by Gasteiger charge is 2.46. The topological polar surface area (TPSA) is 186 Å². The van der Waals surface area contributed by atoms with Gasteiger partial charge in [-0.05, 0) is 47.9 Å². The summed E-state index contributed by atoms with van der Waals surface area (Å²) in [5.41, 5.74) is 1.03. The van der Waals surface area contributed by atoms with Crippen LogP contribution in [0.2, 0.25) is 0 Å². The fraction of sp³-hybridized carbons (Fsp3) is 0.348. The zero-order valence-corrected chi connectivity index (χ0v) is 17.9. The van der Waals surface area contributed by atoms with E-state index in [2.05, 4.69) is 0 Å². The quantitative estimate of drug-likeness (QED) is 0.155. The van der Waals surface area contributed by atoms with Crippen LogP contribution in [0.3, 0.4) is 0 Å². The van der Waals surface area contributed by atoms with Crippen molar-refractivity contribution < 1.29 is 54.8 Å². The molecule has 34 heavy (non-hydrogen) atoms. The lowest BCUT2D eigenvalue weighted by Gasteiger charge is -2.41. The van der Waals surface area contributed by atoms with Crippen LogP contribution in [0.4, 0.5) is 0 Å². The van der Waals surface area contributed by atoms with E-state index in [1.807, 2.05) is 0 Å². The number of carbonyl (C=O) groups is 1. The highest BCUT2D eigenvalue weighted by atomic mass is 16.7. The lowest BCUT2D eigenvalue weighted by Crippen LogP contribution is -2.60. The number of phenolic OH excluding ortho intramolecular Hbond substituents is 4. The molecule has 1 heterocycles. The Balaban J connectivity index is 1.56. The van der Waals surface area contributed by atoms with Gasteiger partial charge >= 0.3 is 5.97 Å². The first kappa shape index (κ1) is 25.3. The second kappa shape index (κ2) is 11.2. The summed E-state index contributed by atoms with van der Waals surface area (Å²) < 4.78 is 16.1. The molecular weight excluding hydrogens is 452 g/mol. The highest BCUT2D eigenvalue weighted by molar-refractivity contribution is 5.87. The first-order chi connectivity index (χ1) is 16.2. The number of aliphatic hydroxyl groups is 3. The van der Waals surface area contributed by atoms with E-state index >= 15 is 0 Å². The van der Waals surface area contributed by atoms with Crippen LogP contribution in [-0.2, 0) is 25.4 Å². The Morgan fingerprint density at radius 1 is 0.941 bits per heavy atom. The average Bonchev–Trinajstić information content (AvgIpc) is 2.81. The predicted octanol–water partition coefficient (Wildman–Crippen LogP) is 0.132. The van der Waals surface area contributed by atoms with Crippen molar-refractivity contribution in [2.24, 2.45) is 0 Å². The minimum absolute atomic E-state index is 0.0173. The van der Waals surface area contributed by atoms with Gasteiger partial charge in [-0.2, -0.15) is 0 Å². The molecule has 0 bridgehead atoms. The number of hydrogen-bond acceptors (Lipinski definition) is 11. The molecule has 1 aliphatic heterocycles. The molecule has 11 heteroatoms. The Labute approximate surface area is 194 Å². The Hall–Kier alpha value is -3.35. The van der Waals surface area contributed by atoms with Crippen molar-refractivity contribution in [1.82, 2.24) is 0 Å².